The van der Waals surface area contributed by atoms with Crippen LogP contribution in [-0.2, 0) is 4.74 Å². The van der Waals surface area contributed by atoms with Crippen LogP contribution in [0.1, 0.15) is 12.6 Å². The summed E-state index contributed by atoms with van der Waals surface area (Å²) in [4.78, 5) is 22.6. The fourth-order valence-electron chi connectivity index (χ4n) is 2.31. The van der Waals surface area contributed by atoms with Crippen molar-refractivity contribution in [2.24, 2.45) is 0 Å². The highest BCUT2D eigenvalue weighted by molar-refractivity contribution is 5.70. The van der Waals surface area contributed by atoms with E-state index in [1.54, 1.807) is 11.6 Å². The van der Waals surface area contributed by atoms with Crippen molar-refractivity contribution < 1.29 is 14.9 Å². The molecule has 108 valence electrons. The van der Waals surface area contributed by atoms with Gasteiger partial charge in [-0.3, -0.25) is 14.3 Å². The number of aromatic nitrogens is 4. The van der Waals surface area contributed by atoms with Crippen molar-refractivity contribution in [3.8, 4) is 0 Å². The van der Waals surface area contributed by atoms with Crippen LogP contribution >= 0.6 is 0 Å². The number of nitrogens with one attached hydrogen (secondary N) is 2. The molecule has 3 heterocycles. The zero-order chi connectivity index (χ0) is 14.3. The summed E-state index contributed by atoms with van der Waals surface area (Å²) in [6.07, 6.45) is -0.147. The molecular weight excluding hydrogens is 266 g/mol. The van der Waals surface area contributed by atoms with E-state index in [2.05, 4.69) is 20.3 Å². The lowest BCUT2D eigenvalue weighted by molar-refractivity contribution is -0.0432. The Labute approximate surface area is 113 Å². The molecule has 1 aliphatic rings. The summed E-state index contributed by atoms with van der Waals surface area (Å²) in [7, 11) is 1.64. The Morgan fingerprint density at radius 2 is 2.45 bits per heavy atom. The van der Waals surface area contributed by atoms with Gasteiger partial charge in [-0.15, -0.1) is 0 Å². The number of ether oxygens (including phenoxy) is 1. The highest BCUT2D eigenvalue weighted by Gasteiger charge is 2.35. The smallest absolute Gasteiger partial charge is 0.280 e. The van der Waals surface area contributed by atoms with Crippen molar-refractivity contribution in [1.29, 1.82) is 0 Å². The van der Waals surface area contributed by atoms with Gasteiger partial charge in [0.05, 0.1) is 19.0 Å². The lowest BCUT2D eigenvalue weighted by atomic mass is 10.2. The molecule has 0 unspecified atom stereocenters. The molecule has 1 saturated heterocycles. The molecule has 0 saturated carbocycles. The van der Waals surface area contributed by atoms with E-state index >= 15 is 0 Å². The third-order valence-electron chi connectivity index (χ3n) is 3.36. The molecule has 4 N–H and O–H groups in total. The Bertz CT molecular complexity index is 681. The number of rotatable bonds is 3. The van der Waals surface area contributed by atoms with Crippen molar-refractivity contribution in [3.05, 3.63) is 16.7 Å². The SMILES string of the molecule is CNc1nc2c(ncn2[C@@H]2C[C@@H](O)[C@H](CO)O2)c(=O)[nH]1. The van der Waals surface area contributed by atoms with Gasteiger partial charge >= 0.3 is 0 Å². The molecule has 2 aromatic rings. The topological polar surface area (TPSA) is 125 Å². The van der Waals surface area contributed by atoms with Gasteiger partial charge in [-0.2, -0.15) is 4.98 Å². The van der Waals surface area contributed by atoms with Crippen LogP contribution in [0.5, 0.6) is 0 Å². The first-order valence-corrected chi connectivity index (χ1v) is 6.23. The zero-order valence-corrected chi connectivity index (χ0v) is 10.8. The molecule has 9 nitrogen and oxygen atoms in total. The van der Waals surface area contributed by atoms with E-state index in [1.165, 1.54) is 6.33 Å². The van der Waals surface area contributed by atoms with Crippen LogP contribution in [0.15, 0.2) is 11.1 Å². The maximum Gasteiger partial charge on any atom is 0.280 e. The summed E-state index contributed by atoms with van der Waals surface area (Å²) in [5.41, 5.74) is 0.221. The largest absolute Gasteiger partial charge is 0.394 e. The van der Waals surface area contributed by atoms with Gasteiger partial charge in [0, 0.05) is 13.5 Å². The molecular formula is C11H15N5O4. The van der Waals surface area contributed by atoms with Crippen LogP contribution < -0.4 is 10.9 Å². The highest BCUT2D eigenvalue weighted by Crippen LogP contribution is 2.30. The molecule has 0 aromatic carbocycles. The van der Waals surface area contributed by atoms with Crippen LogP contribution in [-0.4, -0.2) is 55.6 Å². The summed E-state index contributed by atoms with van der Waals surface area (Å²) in [6.45, 7) is -0.264. The molecule has 0 amide bonds. The van der Waals surface area contributed by atoms with E-state index < -0.39 is 18.4 Å². The Kier molecular flexibility index (Phi) is 3.16. The van der Waals surface area contributed by atoms with Gasteiger partial charge < -0.3 is 20.3 Å². The Hall–Kier alpha value is -1.97. The molecule has 0 radical (unpaired) electrons. The Balaban J connectivity index is 2.05. The average Bonchev–Trinajstić information content (AvgIpc) is 3.01. The van der Waals surface area contributed by atoms with Crippen LogP contribution in [0, 0.1) is 0 Å². The monoisotopic (exact) mass is 281 g/mol. The van der Waals surface area contributed by atoms with E-state index in [-0.39, 0.29) is 17.7 Å². The second kappa shape index (κ2) is 4.85. The molecule has 1 fully saturated rings. The van der Waals surface area contributed by atoms with Crippen molar-refractivity contribution in [1.82, 2.24) is 19.5 Å². The van der Waals surface area contributed by atoms with Crippen molar-refractivity contribution >= 4 is 17.1 Å². The number of fused-ring (bicyclic) bond motifs is 1. The van der Waals surface area contributed by atoms with Crippen LogP contribution in [0.4, 0.5) is 5.95 Å². The van der Waals surface area contributed by atoms with Gasteiger partial charge in [0.15, 0.2) is 11.2 Å². The predicted molar refractivity (Wildman–Crippen MR) is 69.3 cm³/mol. The van der Waals surface area contributed by atoms with E-state index in [4.69, 9.17) is 9.84 Å². The molecule has 2 aromatic heterocycles. The minimum atomic E-state index is -0.756. The maximum atomic E-state index is 11.8. The Morgan fingerprint density at radius 3 is 3.10 bits per heavy atom. The van der Waals surface area contributed by atoms with Gasteiger partial charge in [0.25, 0.3) is 5.56 Å². The van der Waals surface area contributed by atoms with E-state index in [0.29, 0.717) is 18.0 Å². The van der Waals surface area contributed by atoms with Crippen molar-refractivity contribution in [2.45, 2.75) is 24.9 Å². The number of aromatic amines is 1. The summed E-state index contributed by atoms with van der Waals surface area (Å²) < 4.78 is 7.13. The number of anilines is 1. The minimum Gasteiger partial charge on any atom is -0.394 e. The first kappa shape index (κ1) is 13.0. The minimum absolute atomic E-state index is 0.203. The summed E-state index contributed by atoms with van der Waals surface area (Å²) >= 11 is 0. The average molecular weight is 281 g/mol. The molecule has 1 aliphatic heterocycles. The fraction of sp³-hybridized carbons (Fsp3) is 0.545. The number of aliphatic hydroxyl groups is 2. The molecule has 3 atom stereocenters. The molecule has 0 spiro atoms. The van der Waals surface area contributed by atoms with Crippen LogP contribution in [0.2, 0.25) is 0 Å². The molecule has 20 heavy (non-hydrogen) atoms. The molecule has 0 bridgehead atoms. The number of hydrogen-bond acceptors (Lipinski definition) is 7. The van der Waals surface area contributed by atoms with Crippen LogP contribution in [0.3, 0.4) is 0 Å². The van der Waals surface area contributed by atoms with E-state index in [9.17, 15) is 9.90 Å². The Morgan fingerprint density at radius 1 is 1.65 bits per heavy atom. The third-order valence-corrected chi connectivity index (χ3v) is 3.36. The van der Waals surface area contributed by atoms with Crippen LogP contribution in [0.25, 0.3) is 11.2 Å². The lowest BCUT2D eigenvalue weighted by Crippen LogP contribution is -2.24. The number of nitrogens with zero attached hydrogens (tertiary/aromatic N) is 3. The zero-order valence-electron chi connectivity index (χ0n) is 10.8. The van der Waals surface area contributed by atoms with E-state index in [0.717, 1.165) is 0 Å². The third kappa shape index (κ3) is 1.96. The quantitative estimate of drug-likeness (QED) is 0.557. The van der Waals surface area contributed by atoms with Gasteiger partial charge in [-0.05, 0) is 0 Å². The molecule has 3 rings (SSSR count). The van der Waals surface area contributed by atoms with Crippen molar-refractivity contribution in [2.75, 3.05) is 19.0 Å². The number of hydrogen-bond donors (Lipinski definition) is 4. The second-order valence-corrected chi connectivity index (χ2v) is 4.60. The van der Waals surface area contributed by atoms with E-state index in [1.807, 2.05) is 0 Å². The predicted octanol–water partition coefficient (Wildman–Crippen LogP) is -1.20. The van der Waals surface area contributed by atoms with Gasteiger partial charge in [0.1, 0.15) is 12.3 Å². The van der Waals surface area contributed by atoms with Gasteiger partial charge in [0.2, 0.25) is 5.95 Å². The number of H-pyrrole nitrogens is 1. The molecule has 9 heteroatoms. The van der Waals surface area contributed by atoms with Gasteiger partial charge in [-0.25, -0.2) is 4.98 Å². The summed E-state index contributed by atoms with van der Waals surface area (Å²) in [5, 5.41) is 21.6. The maximum absolute atomic E-state index is 11.8. The first-order valence-electron chi connectivity index (χ1n) is 6.23. The fourth-order valence-corrected chi connectivity index (χ4v) is 2.31. The second-order valence-electron chi connectivity index (χ2n) is 4.60. The summed E-state index contributed by atoms with van der Waals surface area (Å²) in [6, 6.07) is 0. The molecule has 0 aliphatic carbocycles. The standard InChI is InChI=1S/C11H15N5O4/c1-12-11-14-9-8(10(19)15-11)13-4-16(9)7-2-5(18)6(3-17)20-7/h4-7,17-18H,2-3H2,1H3,(H2,12,14,15,19)/t5-,6+,7+/m1/s1. The van der Waals surface area contributed by atoms with Gasteiger partial charge in [-0.1, -0.05) is 0 Å². The number of aliphatic hydroxyl groups excluding tert-OH is 2. The first-order chi connectivity index (χ1) is 9.63. The normalized spacial score (nSPS) is 26.2. The lowest BCUT2D eigenvalue weighted by Gasteiger charge is -2.13. The highest BCUT2D eigenvalue weighted by atomic mass is 16.5. The number of imidazole rings is 1. The van der Waals surface area contributed by atoms with Crippen molar-refractivity contribution in [3.63, 3.8) is 0 Å². The summed E-state index contributed by atoms with van der Waals surface area (Å²) in [5.74, 6) is 0.321.